The molecule has 0 radical (unpaired) electrons. The Morgan fingerprint density at radius 2 is 1.95 bits per heavy atom. The molecule has 0 bridgehead atoms. The van der Waals surface area contributed by atoms with Crippen LogP contribution in [0.15, 0.2) is 42.6 Å². The van der Waals surface area contributed by atoms with Crippen molar-refractivity contribution in [2.75, 3.05) is 19.1 Å². The lowest BCUT2D eigenvalue weighted by atomic mass is 9.95. The van der Waals surface area contributed by atoms with Gasteiger partial charge in [-0.1, -0.05) is 18.2 Å². The molecule has 0 N–H and O–H groups in total. The molecule has 0 saturated carbocycles. The van der Waals surface area contributed by atoms with E-state index in [4.69, 9.17) is 0 Å². The molecular weight excluding hydrogens is 250 g/mol. The maximum Gasteiger partial charge on any atom is 0.273 e. The number of hydrogen-bond donors (Lipinski definition) is 0. The topological polar surface area (TPSA) is 28.5 Å². The third-order valence-corrected chi connectivity index (χ3v) is 4.46. The molecule has 4 rings (SSSR count). The summed E-state index contributed by atoms with van der Waals surface area (Å²) in [7, 11) is 4.20. The summed E-state index contributed by atoms with van der Waals surface area (Å²) in [5.41, 5.74) is 3.19. The van der Waals surface area contributed by atoms with Gasteiger partial charge in [0, 0.05) is 11.8 Å². The van der Waals surface area contributed by atoms with Gasteiger partial charge in [-0.2, -0.15) is 0 Å². The number of aromatic nitrogens is 1. The summed E-state index contributed by atoms with van der Waals surface area (Å²) in [4.78, 5) is 14.9. The second kappa shape index (κ2) is 3.96. The van der Waals surface area contributed by atoms with E-state index in [1.54, 1.807) is 0 Å². The minimum Gasteiger partial charge on any atom is -0.301 e. The van der Waals surface area contributed by atoms with E-state index in [2.05, 4.69) is 31.1 Å². The van der Waals surface area contributed by atoms with E-state index in [9.17, 15) is 4.79 Å². The Morgan fingerprint density at radius 1 is 1.15 bits per heavy atom. The smallest absolute Gasteiger partial charge is 0.273 e. The molecule has 2 atom stereocenters. The molecular formula is C16H17N3O. The fourth-order valence-corrected chi connectivity index (χ4v) is 3.51. The molecule has 1 aromatic carbocycles. The van der Waals surface area contributed by atoms with Crippen molar-refractivity contribution >= 4 is 5.91 Å². The number of fused-ring (bicyclic) bond motifs is 5. The van der Waals surface area contributed by atoms with Gasteiger partial charge in [0.25, 0.3) is 5.91 Å². The molecule has 0 saturated heterocycles. The first-order chi connectivity index (χ1) is 9.68. The van der Waals surface area contributed by atoms with E-state index in [0.29, 0.717) is 6.04 Å². The standard InChI is InChI=1S/C16H17N3O/c1-17(2)15-10-14-11-6-3-4-7-12(11)16(20)19(14)18-9-5-8-13(15)18/h3-9,14-15H,10H2,1-2H3/t14-,15-/m0/s1. The number of benzene rings is 1. The van der Waals surface area contributed by atoms with E-state index >= 15 is 0 Å². The maximum atomic E-state index is 12.7. The largest absolute Gasteiger partial charge is 0.301 e. The zero-order valence-corrected chi connectivity index (χ0v) is 11.7. The number of amides is 1. The summed E-state index contributed by atoms with van der Waals surface area (Å²) in [5, 5.41) is 1.90. The van der Waals surface area contributed by atoms with Crippen LogP contribution in [-0.4, -0.2) is 29.6 Å². The number of hydrogen-bond acceptors (Lipinski definition) is 2. The van der Waals surface area contributed by atoms with Crippen molar-refractivity contribution in [2.45, 2.75) is 18.5 Å². The Morgan fingerprint density at radius 3 is 2.75 bits per heavy atom. The quantitative estimate of drug-likeness (QED) is 0.793. The molecule has 0 spiro atoms. The van der Waals surface area contributed by atoms with E-state index in [-0.39, 0.29) is 11.9 Å². The SMILES string of the molecule is CN(C)[C@H]1C[C@H]2c3ccccc3C(=O)N2n2cccc21. The average Bonchev–Trinajstić information content (AvgIpc) is 3.02. The first kappa shape index (κ1) is 11.7. The Balaban J connectivity index is 1.90. The summed E-state index contributed by atoms with van der Waals surface area (Å²) in [6.45, 7) is 0. The Labute approximate surface area is 118 Å². The normalized spacial score (nSPS) is 23.8. The highest BCUT2D eigenvalue weighted by molar-refractivity contribution is 6.06. The van der Waals surface area contributed by atoms with E-state index in [1.807, 2.05) is 40.1 Å². The first-order valence-corrected chi connectivity index (χ1v) is 6.95. The monoisotopic (exact) mass is 267 g/mol. The Kier molecular flexibility index (Phi) is 2.32. The lowest BCUT2D eigenvalue weighted by Crippen LogP contribution is -2.45. The van der Waals surface area contributed by atoms with Crippen LogP contribution < -0.4 is 5.01 Å². The summed E-state index contributed by atoms with van der Waals surface area (Å²) in [5.74, 6) is 0.111. The Hall–Kier alpha value is -2.07. The lowest BCUT2D eigenvalue weighted by Gasteiger charge is -2.39. The van der Waals surface area contributed by atoms with Crippen LogP contribution >= 0.6 is 0 Å². The minimum atomic E-state index is 0.111. The van der Waals surface area contributed by atoms with Gasteiger partial charge in [-0.25, -0.2) is 5.01 Å². The van der Waals surface area contributed by atoms with E-state index in [0.717, 1.165) is 17.5 Å². The van der Waals surface area contributed by atoms with Gasteiger partial charge in [-0.3, -0.25) is 9.47 Å². The van der Waals surface area contributed by atoms with Crippen LogP contribution in [0.25, 0.3) is 0 Å². The van der Waals surface area contributed by atoms with Gasteiger partial charge in [0.05, 0.1) is 17.8 Å². The summed E-state index contributed by atoms with van der Waals surface area (Å²) in [6.07, 6.45) is 2.93. The molecule has 0 fully saturated rings. The van der Waals surface area contributed by atoms with Crippen molar-refractivity contribution in [3.05, 3.63) is 59.4 Å². The van der Waals surface area contributed by atoms with Crippen LogP contribution in [-0.2, 0) is 0 Å². The van der Waals surface area contributed by atoms with Crippen LogP contribution in [0.5, 0.6) is 0 Å². The molecule has 2 aliphatic rings. The van der Waals surface area contributed by atoms with E-state index < -0.39 is 0 Å². The summed E-state index contributed by atoms with van der Waals surface area (Å²) in [6, 6.07) is 12.6. The van der Waals surface area contributed by atoms with Crippen LogP contribution in [0, 0.1) is 0 Å². The summed E-state index contributed by atoms with van der Waals surface area (Å²) < 4.78 is 2.03. The Bertz CT molecular complexity index is 689. The van der Waals surface area contributed by atoms with Crippen LogP contribution in [0.2, 0.25) is 0 Å². The van der Waals surface area contributed by atoms with Crippen molar-refractivity contribution in [1.82, 2.24) is 9.58 Å². The molecule has 4 nitrogen and oxygen atoms in total. The van der Waals surface area contributed by atoms with Gasteiger partial charge in [-0.05, 0) is 44.3 Å². The molecule has 2 aromatic rings. The molecule has 4 heteroatoms. The molecule has 2 aliphatic heterocycles. The predicted octanol–water partition coefficient (Wildman–Crippen LogP) is 2.33. The van der Waals surface area contributed by atoms with Crippen molar-refractivity contribution in [2.24, 2.45) is 0 Å². The molecule has 1 amide bonds. The number of carbonyl (C=O) groups is 1. The molecule has 102 valence electrons. The molecule has 0 aliphatic carbocycles. The fraction of sp³-hybridized carbons (Fsp3) is 0.312. The second-order valence-electron chi connectivity index (χ2n) is 5.75. The van der Waals surface area contributed by atoms with Crippen molar-refractivity contribution < 1.29 is 4.79 Å². The van der Waals surface area contributed by atoms with Crippen LogP contribution in [0.4, 0.5) is 0 Å². The van der Waals surface area contributed by atoms with Gasteiger partial charge < -0.3 is 4.90 Å². The first-order valence-electron chi connectivity index (χ1n) is 6.95. The van der Waals surface area contributed by atoms with Crippen molar-refractivity contribution in [3.8, 4) is 0 Å². The van der Waals surface area contributed by atoms with Crippen LogP contribution in [0.3, 0.4) is 0 Å². The van der Waals surface area contributed by atoms with Gasteiger partial charge in [0.1, 0.15) is 0 Å². The van der Waals surface area contributed by atoms with Crippen molar-refractivity contribution in [3.63, 3.8) is 0 Å². The molecule has 0 unspecified atom stereocenters. The zero-order chi connectivity index (χ0) is 13.9. The fourth-order valence-electron chi connectivity index (χ4n) is 3.51. The highest BCUT2D eigenvalue weighted by Crippen LogP contribution is 2.43. The third kappa shape index (κ3) is 1.37. The molecule has 1 aromatic heterocycles. The van der Waals surface area contributed by atoms with E-state index in [1.165, 1.54) is 5.69 Å². The highest BCUT2D eigenvalue weighted by Gasteiger charge is 2.43. The lowest BCUT2D eigenvalue weighted by molar-refractivity contribution is 0.0937. The van der Waals surface area contributed by atoms with Crippen LogP contribution in [0.1, 0.15) is 40.1 Å². The predicted molar refractivity (Wildman–Crippen MR) is 77.2 cm³/mol. The number of nitrogens with zero attached hydrogens (tertiary/aromatic N) is 3. The third-order valence-electron chi connectivity index (χ3n) is 4.46. The van der Waals surface area contributed by atoms with Gasteiger partial charge in [-0.15, -0.1) is 0 Å². The number of carbonyl (C=O) groups excluding carboxylic acids is 1. The molecule has 20 heavy (non-hydrogen) atoms. The van der Waals surface area contributed by atoms with Gasteiger partial charge >= 0.3 is 0 Å². The van der Waals surface area contributed by atoms with Gasteiger partial charge in [0.2, 0.25) is 0 Å². The summed E-state index contributed by atoms with van der Waals surface area (Å²) >= 11 is 0. The minimum absolute atomic E-state index is 0.111. The van der Waals surface area contributed by atoms with Crippen molar-refractivity contribution in [1.29, 1.82) is 0 Å². The maximum absolute atomic E-state index is 12.7. The zero-order valence-electron chi connectivity index (χ0n) is 11.7. The van der Waals surface area contributed by atoms with Gasteiger partial charge in [0.15, 0.2) is 0 Å². The molecule has 3 heterocycles. The average molecular weight is 267 g/mol. The highest BCUT2D eigenvalue weighted by atomic mass is 16.2. The number of rotatable bonds is 1. The second-order valence-corrected chi connectivity index (χ2v) is 5.75.